The van der Waals surface area contributed by atoms with Gasteiger partial charge in [-0.25, -0.2) is 8.42 Å². The van der Waals surface area contributed by atoms with Crippen LogP contribution in [0.1, 0.15) is 29.9 Å². The molecule has 2 atom stereocenters. The van der Waals surface area contributed by atoms with Gasteiger partial charge in [-0.2, -0.15) is 0 Å². The third kappa shape index (κ3) is 5.18. The number of carbonyl (C=O) groups is 1. The van der Waals surface area contributed by atoms with Crippen molar-refractivity contribution in [1.29, 1.82) is 0 Å². The summed E-state index contributed by atoms with van der Waals surface area (Å²) in [5, 5.41) is 6.37. The molecule has 0 radical (unpaired) electrons. The van der Waals surface area contributed by atoms with Gasteiger partial charge >= 0.3 is 5.97 Å². The van der Waals surface area contributed by atoms with Gasteiger partial charge in [0.15, 0.2) is 11.1 Å². The summed E-state index contributed by atoms with van der Waals surface area (Å²) in [6.07, 6.45) is 1.02. The number of aromatic nitrogens is 3. The lowest BCUT2D eigenvalue weighted by Gasteiger charge is -2.16. The zero-order valence-corrected chi connectivity index (χ0v) is 18.3. The molecule has 1 heterocycles. The first kappa shape index (κ1) is 22.6. The fourth-order valence-electron chi connectivity index (χ4n) is 3.29. The molecule has 0 saturated carbocycles. The highest BCUT2D eigenvalue weighted by molar-refractivity contribution is 7.92. The zero-order valence-electron chi connectivity index (χ0n) is 17.5. The average Bonchev–Trinajstić information content (AvgIpc) is 3.23. The molecule has 1 unspecified atom stereocenters. The van der Waals surface area contributed by atoms with Gasteiger partial charge in [-0.05, 0) is 30.9 Å². The summed E-state index contributed by atoms with van der Waals surface area (Å²) in [4.78, 5) is 11.9. The molecule has 2 N–H and O–H groups in total. The average molecular weight is 443 g/mol. The lowest BCUT2D eigenvalue weighted by molar-refractivity contribution is -0.139. The zero-order chi connectivity index (χ0) is 22.4. The number of benzene rings is 2. The first-order chi connectivity index (χ1) is 14.8. The molecular formula is C22H26N4O4S. The van der Waals surface area contributed by atoms with E-state index < -0.39 is 27.1 Å². The van der Waals surface area contributed by atoms with E-state index in [-0.39, 0.29) is 5.16 Å². The molecule has 0 aliphatic rings. The molecule has 3 rings (SSSR count). The summed E-state index contributed by atoms with van der Waals surface area (Å²) in [6.45, 7) is 1.58. The van der Waals surface area contributed by atoms with Gasteiger partial charge < -0.3 is 15.0 Å². The molecule has 0 saturated heterocycles. The van der Waals surface area contributed by atoms with Crippen LogP contribution in [0, 0.1) is 0 Å². The highest BCUT2D eigenvalue weighted by Gasteiger charge is 2.36. The molecule has 0 amide bonds. The number of rotatable bonds is 9. The predicted octanol–water partition coefficient (Wildman–Crippen LogP) is 2.10. The molecule has 0 aliphatic carbocycles. The van der Waals surface area contributed by atoms with E-state index >= 15 is 0 Å². The van der Waals surface area contributed by atoms with E-state index in [1.165, 1.54) is 11.5 Å². The Bertz CT molecular complexity index is 1110. The Morgan fingerprint density at radius 3 is 2.19 bits per heavy atom. The number of aryl methyl sites for hydroxylation is 1. The minimum Gasteiger partial charge on any atom is -0.468 e. The smallest absolute Gasteiger partial charge is 0.324 e. The number of nitrogens with two attached hydrogens (primary N) is 1. The van der Waals surface area contributed by atoms with Gasteiger partial charge in [-0.1, -0.05) is 60.7 Å². The maximum absolute atomic E-state index is 13.1. The third-order valence-electron chi connectivity index (χ3n) is 5.10. The second-order valence-corrected chi connectivity index (χ2v) is 9.40. The van der Waals surface area contributed by atoms with Crippen LogP contribution in [0.3, 0.4) is 0 Å². The van der Waals surface area contributed by atoms with Crippen molar-refractivity contribution in [3.05, 3.63) is 77.6 Å². The molecule has 0 fully saturated rings. The number of methoxy groups -OCH3 is 1. The number of ether oxygens (including phenoxy) is 1. The Labute approximate surface area is 182 Å². The standard InChI is InChI=1S/C22H26N4O4S/c1-16(21(27)30-2)31(28,29)22-25-24-20(19(23)15-18-11-7-4-8-12-18)26(22)14-13-17-9-5-3-6-10-17/h3-12,16,19H,13-15,23H2,1-2H3/t16?,19-/m0/s1. The van der Waals surface area contributed by atoms with E-state index in [4.69, 9.17) is 5.73 Å². The van der Waals surface area contributed by atoms with Gasteiger partial charge in [0, 0.05) is 6.54 Å². The fourth-order valence-corrected chi connectivity index (χ4v) is 4.60. The second-order valence-electron chi connectivity index (χ2n) is 7.23. The molecule has 9 heteroatoms. The topological polar surface area (TPSA) is 117 Å². The molecule has 8 nitrogen and oxygen atoms in total. The molecule has 0 bridgehead atoms. The van der Waals surface area contributed by atoms with Crippen molar-refractivity contribution in [2.45, 2.75) is 42.8 Å². The van der Waals surface area contributed by atoms with Crippen LogP contribution in [0.25, 0.3) is 0 Å². The van der Waals surface area contributed by atoms with Crippen LogP contribution in [-0.2, 0) is 38.8 Å². The molecule has 0 spiro atoms. The number of esters is 1. The SMILES string of the molecule is COC(=O)C(C)S(=O)(=O)c1nnc([C@@H](N)Cc2ccccc2)n1CCc1ccccc1. The van der Waals surface area contributed by atoms with Gasteiger partial charge in [0.2, 0.25) is 9.84 Å². The van der Waals surface area contributed by atoms with Crippen LogP contribution < -0.4 is 5.73 Å². The first-order valence-corrected chi connectivity index (χ1v) is 11.5. The highest BCUT2D eigenvalue weighted by Crippen LogP contribution is 2.22. The quantitative estimate of drug-likeness (QED) is 0.504. The second kappa shape index (κ2) is 9.84. The largest absolute Gasteiger partial charge is 0.468 e. The minimum atomic E-state index is -4.11. The van der Waals surface area contributed by atoms with Crippen molar-refractivity contribution in [1.82, 2.24) is 14.8 Å². The summed E-state index contributed by atoms with van der Waals surface area (Å²) in [5.41, 5.74) is 8.44. The molecular weight excluding hydrogens is 416 g/mol. The van der Waals surface area contributed by atoms with Crippen molar-refractivity contribution in [3.63, 3.8) is 0 Å². The van der Waals surface area contributed by atoms with Gasteiger partial charge in [0.25, 0.3) is 5.16 Å². The van der Waals surface area contributed by atoms with E-state index in [1.807, 2.05) is 60.7 Å². The number of carbonyl (C=O) groups excluding carboxylic acids is 1. The Morgan fingerprint density at radius 1 is 1.03 bits per heavy atom. The Balaban J connectivity index is 1.97. The summed E-state index contributed by atoms with van der Waals surface area (Å²) < 4.78 is 32.3. The normalized spacial score (nSPS) is 13.5. The van der Waals surface area contributed by atoms with Crippen molar-refractivity contribution in [2.24, 2.45) is 5.73 Å². The number of hydrogen-bond acceptors (Lipinski definition) is 7. The van der Waals surface area contributed by atoms with E-state index in [0.29, 0.717) is 25.2 Å². The molecule has 2 aromatic carbocycles. The van der Waals surface area contributed by atoms with Gasteiger partial charge in [0.05, 0.1) is 13.2 Å². The molecule has 164 valence electrons. The Morgan fingerprint density at radius 2 is 1.61 bits per heavy atom. The molecule has 31 heavy (non-hydrogen) atoms. The van der Waals surface area contributed by atoms with Gasteiger partial charge in [-0.3, -0.25) is 4.79 Å². The van der Waals surface area contributed by atoms with Crippen molar-refractivity contribution < 1.29 is 17.9 Å². The van der Waals surface area contributed by atoms with E-state index in [2.05, 4.69) is 14.9 Å². The lowest BCUT2D eigenvalue weighted by atomic mass is 10.1. The summed E-state index contributed by atoms with van der Waals surface area (Å²) in [6, 6.07) is 18.7. The Kier molecular flexibility index (Phi) is 7.19. The highest BCUT2D eigenvalue weighted by atomic mass is 32.2. The molecule has 1 aromatic heterocycles. The van der Waals surface area contributed by atoms with Crippen molar-refractivity contribution >= 4 is 15.8 Å². The van der Waals surface area contributed by atoms with Crippen LogP contribution in [0.5, 0.6) is 0 Å². The number of hydrogen-bond donors (Lipinski definition) is 1. The predicted molar refractivity (Wildman–Crippen MR) is 116 cm³/mol. The lowest BCUT2D eigenvalue weighted by Crippen LogP contribution is -2.31. The summed E-state index contributed by atoms with van der Waals surface area (Å²) in [7, 11) is -2.96. The molecule has 3 aromatic rings. The third-order valence-corrected chi connectivity index (χ3v) is 7.03. The van der Waals surface area contributed by atoms with Gasteiger partial charge in [0.1, 0.15) is 0 Å². The number of nitrogens with zero attached hydrogens (tertiary/aromatic N) is 3. The van der Waals surface area contributed by atoms with E-state index in [1.54, 1.807) is 0 Å². The van der Waals surface area contributed by atoms with Crippen LogP contribution in [-0.4, -0.2) is 41.5 Å². The van der Waals surface area contributed by atoms with Crippen molar-refractivity contribution in [3.8, 4) is 0 Å². The van der Waals surface area contributed by atoms with Crippen molar-refractivity contribution in [2.75, 3.05) is 7.11 Å². The first-order valence-electron chi connectivity index (χ1n) is 9.93. The fraction of sp³-hybridized carbons (Fsp3) is 0.318. The van der Waals surface area contributed by atoms with Crippen LogP contribution in [0.15, 0.2) is 65.8 Å². The van der Waals surface area contributed by atoms with Crippen LogP contribution >= 0.6 is 0 Å². The maximum Gasteiger partial charge on any atom is 0.324 e. The minimum absolute atomic E-state index is 0.278. The monoisotopic (exact) mass is 442 g/mol. The summed E-state index contributed by atoms with van der Waals surface area (Å²) >= 11 is 0. The number of sulfone groups is 1. The summed E-state index contributed by atoms with van der Waals surface area (Å²) in [5.74, 6) is -0.497. The van der Waals surface area contributed by atoms with Crippen LogP contribution in [0.2, 0.25) is 0 Å². The Hall–Kier alpha value is -3.04. The van der Waals surface area contributed by atoms with Crippen LogP contribution in [0.4, 0.5) is 0 Å². The van der Waals surface area contributed by atoms with E-state index in [9.17, 15) is 13.2 Å². The molecule has 0 aliphatic heterocycles. The van der Waals surface area contributed by atoms with Gasteiger partial charge in [-0.15, -0.1) is 10.2 Å². The maximum atomic E-state index is 13.1. The van der Waals surface area contributed by atoms with E-state index in [0.717, 1.165) is 18.2 Å².